The van der Waals surface area contributed by atoms with Gasteiger partial charge in [-0.15, -0.1) is 0 Å². The minimum Gasteiger partial charge on any atom is -0.457 e. The summed E-state index contributed by atoms with van der Waals surface area (Å²) >= 11 is 0. The second kappa shape index (κ2) is 45.7. The summed E-state index contributed by atoms with van der Waals surface area (Å²) in [4.78, 5) is 34.6. The van der Waals surface area contributed by atoms with Gasteiger partial charge in [-0.1, -0.05) is 177 Å². The molecule has 0 amide bonds. The number of hydrogen-bond donors (Lipinski definition) is 3. The standard InChI is InChI=1S/C50H89O10P/c1-3-5-7-9-11-13-15-17-19-20-21-22-23-24-25-26-28-30-32-34-36-38-40-42-50(54)60-48(44-52)46-58-61(55,56)57-45-47(43-51)59-49(53)41-39-37-35-33-31-29-27-18-16-14-12-10-8-6-4-2/h6,8,12,14,18,20-21,27,31,33,47-48,51-52H,3-5,7,9-11,13,15-17,19,22-26,28-30,32,34-46H2,1-2H3,(H,55,56)/b8-6-,14-12-,21-20-,27-18-,33-31-. The van der Waals surface area contributed by atoms with E-state index in [1.165, 1.54) is 109 Å². The zero-order valence-electron chi connectivity index (χ0n) is 38.6. The van der Waals surface area contributed by atoms with Crippen LogP contribution in [0.15, 0.2) is 60.8 Å². The predicted octanol–water partition coefficient (Wildman–Crippen LogP) is 13.5. The molecule has 0 saturated heterocycles. The zero-order chi connectivity index (χ0) is 44.8. The molecule has 0 spiro atoms. The van der Waals surface area contributed by atoms with Crippen molar-refractivity contribution in [3.05, 3.63) is 60.8 Å². The molecule has 11 heteroatoms. The molecule has 0 fully saturated rings. The summed E-state index contributed by atoms with van der Waals surface area (Å²) in [6, 6.07) is 0. The van der Waals surface area contributed by atoms with Gasteiger partial charge in [0, 0.05) is 12.8 Å². The van der Waals surface area contributed by atoms with Crippen molar-refractivity contribution >= 4 is 19.8 Å². The third kappa shape index (κ3) is 44.1. The number of aliphatic hydroxyl groups is 2. The van der Waals surface area contributed by atoms with E-state index in [0.29, 0.717) is 12.8 Å². The van der Waals surface area contributed by atoms with Crippen molar-refractivity contribution < 1.29 is 47.8 Å². The van der Waals surface area contributed by atoms with E-state index in [2.05, 4.69) is 74.6 Å². The van der Waals surface area contributed by atoms with E-state index in [0.717, 1.165) is 57.8 Å². The minimum absolute atomic E-state index is 0.138. The van der Waals surface area contributed by atoms with E-state index in [9.17, 15) is 29.3 Å². The first-order valence-electron chi connectivity index (χ1n) is 24.2. The molecule has 10 nitrogen and oxygen atoms in total. The Hall–Kier alpha value is -2.33. The van der Waals surface area contributed by atoms with Crippen molar-refractivity contribution in [1.82, 2.24) is 0 Å². The van der Waals surface area contributed by atoms with Crippen molar-refractivity contribution in [2.75, 3.05) is 26.4 Å². The van der Waals surface area contributed by atoms with Crippen LogP contribution in [-0.4, -0.2) is 65.7 Å². The lowest BCUT2D eigenvalue weighted by Gasteiger charge is -2.20. The number of ether oxygens (including phenoxy) is 2. The summed E-state index contributed by atoms with van der Waals surface area (Å²) < 4.78 is 32.6. The van der Waals surface area contributed by atoms with Crippen molar-refractivity contribution in [3.63, 3.8) is 0 Å². The van der Waals surface area contributed by atoms with Crippen LogP contribution in [0.2, 0.25) is 0 Å². The molecule has 0 aromatic rings. The zero-order valence-corrected chi connectivity index (χ0v) is 39.5. The second-order valence-electron chi connectivity index (χ2n) is 16.1. The molecule has 0 aliphatic rings. The molecular weight excluding hydrogens is 792 g/mol. The molecule has 0 heterocycles. The Morgan fingerprint density at radius 3 is 1.16 bits per heavy atom. The molecule has 0 bridgehead atoms. The number of unbranched alkanes of at least 4 members (excludes halogenated alkanes) is 21. The summed E-state index contributed by atoms with van der Waals surface area (Å²) in [6.07, 6.45) is 52.1. The molecule has 0 aromatic heterocycles. The maximum atomic E-state index is 12.4. The summed E-state index contributed by atoms with van der Waals surface area (Å²) in [5.74, 6) is -1.06. The highest BCUT2D eigenvalue weighted by Crippen LogP contribution is 2.43. The quantitative estimate of drug-likeness (QED) is 0.0233. The monoisotopic (exact) mass is 881 g/mol. The van der Waals surface area contributed by atoms with Gasteiger partial charge in [0.15, 0.2) is 0 Å². The molecule has 61 heavy (non-hydrogen) atoms. The highest BCUT2D eigenvalue weighted by Gasteiger charge is 2.27. The third-order valence-corrected chi connectivity index (χ3v) is 11.2. The average molecular weight is 881 g/mol. The van der Waals surface area contributed by atoms with Gasteiger partial charge in [-0.2, -0.15) is 0 Å². The van der Waals surface area contributed by atoms with Gasteiger partial charge in [0.25, 0.3) is 0 Å². The molecule has 0 radical (unpaired) electrons. The van der Waals surface area contributed by atoms with Gasteiger partial charge in [-0.05, 0) is 77.0 Å². The number of aliphatic hydroxyl groups excluding tert-OH is 2. The average Bonchev–Trinajstić information content (AvgIpc) is 3.25. The van der Waals surface area contributed by atoms with E-state index >= 15 is 0 Å². The van der Waals surface area contributed by atoms with Crippen LogP contribution in [0.4, 0.5) is 0 Å². The van der Waals surface area contributed by atoms with Gasteiger partial charge in [0.2, 0.25) is 0 Å². The molecule has 0 saturated carbocycles. The van der Waals surface area contributed by atoms with E-state index in [1.807, 2.05) is 0 Å². The van der Waals surface area contributed by atoms with E-state index in [1.54, 1.807) is 0 Å². The van der Waals surface area contributed by atoms with Crippen LogP contribution in [-0.2, 0) is 32.7 Å². The molecule has 0 aliphatic carbocycles. The number of rotatable bonds is 45. The van der Waals surface area contributed by atoms with E-state index in [4.69, 9.17) is 18.5 Å². The maximum absolute atomic E-state index is 12.4. The fourth-order valence-corrected chi connectivity index (χ4v) is 7.30. The molecule has 354 valence electrons. The van der Waals surface area contributed by atoms with Crippen LogP contribution in [0.25, 0.3) is 0 Å². The SMILES string of the molecule is CC/C=C\C/C=C\C/C=C\C/C=C\CCCCC(=O)OC(CO)COP(=O)(O)OCC(CO)OC(=O)CCCCCCCCCCCCC/C=C\CCCCCCCCCC. The van der Waals surface area contributed by atoms with Gasteiger partial charge >= 0.3 is 19.8 Å². The number of esters is 2. The Balaban J connectivity index is 3.88. The first kappa shape index (κ1) is 58.7. The topological polar surface area (TPSA) is 149 Å². The van der Waals surface area contributed by atoms with Gasteiger partial charge < -0.3 is 24.6 Å². The van der Waals surface area contributed by atoms with Crippen molar-refractivity contribution in [2.24, 2.45) is 0 Å². The third-order valence-electron chi connectivity index (χ3n) is 10.2. The van der Waals surface area contributed by atoms with Gasteiger partial charge in [-0.25, -0.2) is 4.57 Å². The Morgan fingerprint density at radius 2 is 0.770 bits per heavy atom. The predicted molar refractivity (Wildman–Crippen MR) is 251 cm³/mol. The lowest BCUT2D eigenvalue weighted by atomic mass is 10.0. The molecule has 0 aliphatic heterocycles. The molecule has 3 unspecified atom stereocenters. The number of hydrogen-bond acceptors (Lipinski definition) is 9. The number of carbonyl (C=O) groups excluding carboxylic acids is 2. The van der Waals surface area contributed by atoms with Gasteiger partial charge in [0.05, 0.1) is 26.4 Å². The maximum Gasteiger partial charge on any atom is 0.472 e. The normalized spacial score (nSPS) is 14.2. The van der Waals surface area contributed by atoms with Crippen LogP contribution < -0.4 is 0 Å². The van der Waals surface area contributed by atoms with Crippen molar-refractivity contribution in [3.8, 4) is 0 Å². The van der Waals surface area contributed by atoms with Crippen molar-refractivity contribution in [2.45, 2.75) is 219 Å². The van der Waals surface area contributed by atoms with Crippen LogP contribution >= 0.6 is 7.82 Å². The van der Waals surface area contributed by atoms with E-state index < -0.39 is 58.4 Å². The summed E-state index contributed by atoms with van der Waals surface area (Å²) in [5.41, 5.74) is 0. The van der Waals surface area contributed by atoms with Crippen LogP contribution in [0, 0.1) is 0 Å². The Morgan fingerprint density at radius 1 is 0.459 bits per heavy atom. The highest BCUT2D eigenvalue weighted by molar-refractivity contribution is 7.47. The smallest absolute Gasteiger partial charge is 0.457 e. The molecular formula is C50H89O10P. The fourth-order valence-electron chi connectivity index (χ4n) is 6.51. The van der Waals surface area contributed by atoms with Gasteiger partial charge in [0.1, 0.15) is 12.2 Å². The largest absolute Gasteiger partial charge is 0.472 e. The number of allylic oxidation sites excluding steroid dienone is 10. The van der Waals surface area contributed by atoms with E-state index in [-0.39, 0.29) is 12.8 Å². The van der Waals surface area contributed by atoms with Crippen LogP contribution in [0.5, 0.6) is 0 Å². The highest BCUT2D eigenvalue weighted by atomic mass is 31.2. The Labute approximate surface area is 372 Å². The van der Waals surface area contributed by atoms with Crippen molar-refractivity contribution in [1.29, 1.82) is 0 Å². The number of carbonyl (C=O) groups is 2. The second-order valence-corrected chi connectivity index (χ2v) is 17.5. The number of phosphoric acid groups is 1. The number of phosphoric ester groups is 1. The lowest BCUT2D eigenvalue weighted by Crippen LogP contribution is -2.28. The van der Waals surface area contributed by atoms with Gasteiger partial charge in [-0.3, -0.25) is 18.6 Å². The lowest BCUT2D eigenvalue weighted by molar-refractivity contribution is -0.153. The minimum atomic E-state index is -4.65. The summed E-state index contributed by atoms with van der Waals surface area (Å²) in [7, 11) is -4.65. The molecule has 3 N–H and O–H groups in total. The molecule has 3 atom stereocenters. The Bertz CT molecular complexity index is 1200. The Kier molecular flexibility index (Phi) is 43.9. The molecule has 0 aromatic carbocycles. The summed E-state index contributed by atoms with van der Waals surface area (Å²) in [6.45, 7) is 2.06. The van der Waals surface area contributed by atoms with Crippen LogP contribution in [0.1, 0.15) is 206 Å². The van der Waals surface area contributed by atoms with Crippen LogP contribution in [0.3, 0.4) is 0 Å². The fraction of sp³-hybridized carbons (Fsp3) is 0.760. The first-order chi connectivity index (χ1) is 29.8. The first-order valence-corrected chi connectivity index (χ1v) is 25.7. The molecule has 0 rings (SSSR count). The summed E-state index contributed by atoms with van der Waals surface area (Å²) in [5, 5.41) is 19.2.